The molecule has 1 amide bonds. The highest BCUT2D eigenvalue weighted by Crippen LogP contribution is 2.22. The average molecular weight is 384 g/mol. The van der Waals surface area contributed by atoms with Gasteiger partial charge in [-0.1, -0.05) is 6.07 Å². The van der Waals surface area contributed by atoms with Crippen LogP contribution in [0.5, 0.6) is 0 Å². The van der Waals surface area contributed by atoms with Crippen molar-refractivity contribution in [2.24, 2.45) is 0 Å². The topological polar surface area (TPSA) is 97.1 Å². The third-order valence-corrected chi connectivity index (χ3v) is 5.48. The molecule has 140 valence electrons. The predicted octanol–water partition coefficient (Wildman–Crippen LogP) is 3.19. The number of carbonyl (C=O) groups excluding carboxylic acids is 1. The lowest BCUT2D eigenvalue weighted by atomic mass is 10.2. The molecule has 0 aliphatic rings. The normalized spacial score (nSPS) is 12.0. The van der Waals surface area contributed by atoms with E-state index in [1.165, 1.54) is 6.20 Å². The van der Waals surface area contributed by atoms with E-state index in [0.29, 0.717) is 17.1 Å². The Hall–Kier alpha value is -3.00. The first-order valence-electron chi connectivity index (χ1n) is 8.43. The summed E-state index contributed by atoms with van der Waals surface area (Å²) in [4.78, 5) is 32.3. The van der Waals surface area contributed by atoms with Crippen LogP contribution in [0.25, 0.3) is 0 Å². The van der Waals surface area contributed by atoms with Crippen molar-refractivity contribution in [3.63, 3.8) is 0 Å². The van der Waals surface area contributed by atoms with Crippen LogP contribution < -0.4 is 5.32 Å². The van der Waals surface area contributed by atoms with Gasteiger partial charge in [-0.3, -0.25) is 9.78 Å². The van der Waals surface area contributed by atoms with E-state index in [2.05, 4.69) is 15.3 Å². The lowest BCUT2D eigenvalue weighted by Gasteiger charge is -2.12. The quantitative estimate of drug-likeness (QED) is 0.680. The first-order chi connectivity index (χ1) is 12.9. The van der Waals surface area contributed by atoms with Crippen LogP contribution in [0.1, 0.15) is 55.1 Å². The molecule has 0 saturated heterocycles. The number of rotatable bonds is 6. The Labute approximate surface area is 160 Å². The van der Waals surface area contributed by atoms with E-state index in [-0.39, 0.29) is 16.8 Å². The number of hydrogen-bond donors (Lipinski definition) is 2. The number of aromatic carboxylic acids is 1. The molecule has 3 heterocycles. The molecule has 1 unspecified atom stereocenters. The van der Waals surface area contributed by atoms with Crippen molar-refractivity contribution in [3.05, 3.63) is 69.2 Å². The number of carboxylic acids is 1. The number of nitrogens with zero attached hydrogens (tertiary/aromatic N) is 3. The van der Waals surface area contributed by atoms with Crippen LogP contribution in [-0.4, -0.2) is 31.5 Å². The summed E-state index contributed by atoms with van der Waals surface area (Å²) in [6.07, 6.45) is 3.06. The van der Waals surface area contributed by atoms with E-state index in [9.17, 15) is 9.59 Å². The molecular formula is C19H20N4O3S. The number of nitrogens with one attached hydrogen (secondary N) is 1. The minimum Gasteiger partial charge on any atom is -0.477 e. The highest BCUT2D eigenvalue weighted by Gasteiger charge is 2.20. The van der Waals surface area contributed by atoms with Crippen molar-refractivity contribution in [2.45, 2.75) is 33.4 Å². The SMILES string of the molecule is Cc1cc(C(=O)NC(C)c2ncc(C(=O)O)s2)c(C)n1Cc1ccccn1. The van der Waals surface area contributed by atoms with Gasteiger partial charge in [-0.05, 0) is 39.0 Å². The summed E-state index contributed by atoms with van der Waals surface area (Å²) < 4.78 is 2.05. The van der Waals surface area contributed by atoms with E-state index in [1.54, 1.807) is 13.1 Å². The van der Waals surface area contributed by atoms with Crippen LogP contribution in [0.4, 0.5) is 0 Å². The summed E-state index contributed by atoms with van der Waals surface area (Å²) >= 11 is 1.06. The fraction of sp³-hybridized carbons (Fsp3) is 0.263. The first-order valence-corrected chi connectivity index (χ1v) is 9.25. The molecule has 8 heteroatoms. The Morgan fingerprint density at radius 3 is 2.70 bits per heavy atom. The molecule has 1 atom stereocenters. The molecule has 0 spiro atoms. The summed E-state index contributed by atoms with van der Waals surface area (Å²) in [7, 11) is 0. The van der Waals surface area contributed by atoms with Crippen LogP contribution in [0.2, 0.25) is 0 Å². The molecule has 0 fully saturated rings. The molecule has 0 aromatic carbocycles. The minimum absolute atomic E-state index is 0.152. The van der Waals surface area contributed by atoms with Gasteiger partial charge in [-0.15, -0.1) is 11.3 Å². The van der Waals surface area contributed by atoms with E-state index in [0.717, 1.165) is 28.4 Å². The maximum absolute atomic E-state index is 12.7. The number of hydrogen-bond acceptors (Lipinski definition) is 5. The summed E-state index contributed by atoms with van der Waals surface area (Å²) in [5, 5.41) is 12.5. The zero-order chi connectivity index (χ0) is 19.6. The largest absolute Gasteiger partial charge is 0.477 e. The summed E-state index contributed by atoms with van der Waals surface area (Å²) in [6.45, 7) is 6.24. The van der Waals surface area contributed by atoms with E-state index in [1.807, 2.05) is 42.7 Å². The maximum Gasteiger partial charge on any atom is 0.347 e. The number of carboxylic acid groups (broad SMARTS) is 1. The number of pyridine rings is 1. The molecule has 3 rings (SSSR count). The summed E-state index contributed by atoms with van der Waals surface area (Å²) in [6, 6.07) is 7.22. The fourth-order valence-electron chi connectivity index (χ4n) is 2.85. The first kappa shape index (κ1) is 18.8. The van der Waals surface area contributed by atoms with Gasteiger partial charge in [-0.25, -0.2) is 9.78 Å². The second kappa shape index (κ2) is 7.71. The number of thiazole rings is 1. The molecule has 3 aromatic rings. The Kier molecular flexibility index (Phi) is 5.36. The van der Waals surface area contributed by atoms with Gasteiger partial charge in [0.2, 0.25) is 0 Å². The van der Waals surface area contributed by atoms with Gasteiger partial charge in [0.05, 0.1) is 30.0 Å². The molecule has 3 aromatic heterocycles. The van der Waals surface area contributed by atoms with Gasteiger partial charge in [-0.2, -0.15) is 0 Å². The highest BCUT2D eigenvalue weighted by molar-refractivity contribution is 7.13. The van der Waals surface area contributed by atoms with Crippen molar-refractivity contribution >= 4 is 23.2 Å². The Morgan fingerprint density at radius 1 is 1.30 bits per heavy atom. The maximum atomic E-state index is 12.7. The van der Waals surface area contributed by atoms with Crippen LogP contribution in [0.15, 0.2) is 36.7 Å². The van der Waals surface area contributed by atoms with Gasteiger partial charge in [0.15, 0.2) is 0 Å². The molecular weight excluding hydrogens is 364 g/mol. The molecule has 2 N–H and O–H groups in total. The monoisotopic (exact) mass is 384 g/mol. The standard InChI is InChI=1S/C19H20N4O3S/c1-11-8-15(13(3)23(11)10-14-6-4-5-7-20-14)17(24)22-12(2)18-21-9-16(27-18)19(25)26/h4-9,12H,10H2,1-3H3,(H,22,24)(H,25,26). The third kappa shape index (κ3) is 4.06. The van der Waals surface area contributed by atoms with Crippen molar-refractivity contribution < 1.29 is 14.7 Å². The molecule has 27 heavy (non-hydrogen) atoms. The second-order valence-corrected chi connectivity index (χ2v) is 7.32. The van der Waals surface area contributed by atoms with E-state index < -0.39 is 5.97 Å². The number of aromatic nitrogens is 3. The zero-order valence-electron chi connectivity index (χ0n) is 15.3. The number of aryl methyl sites for hydroxylation is 1. The summed E-state index contributed by atoms with van der Waals surface area (Å²) in [5.74, 6) is -1.23. The zero-order valence-corrected chi connectivity index (χ0v) is 16.1. The van der Waals surface area contributed by atoms with Crippen LogP contribution in [0.3, 0.4) is 0 Å². The fourth-order valence-corrected chi connectivity index (χ4v) is 3.61. The molecule has 0 bridgehead atoms. The Bertz CT molecular complexity index is 978. The predicted molar refractivity (Wildman–Crippen MR) is 102 cm³/mol. The van der Waals surface area contributed by atoms with Gasteiger partial charge >= 0.3 is 5.97 Å². The Balaban J connectivity index is 1.76. The lowest BCUT2D eigenvalue weighted by molar-refractivity contribution is 0.0701. The summed E-state index contributed by atoms with van der Waals surface area (Å²) in [5.41, 5.74) is 3.33. The van der Waals surface area contributed by atoms with Crippen molar-refractivity contribution in [1.82, 2.24) is 19.9 Å². The number of amides is 1. The molecule has 0 aliphatic heterocycles. The molecule has 7 nitrogen and oxygen atoms in total. The van der Waals surface area contributed by atoms with Gasteiger partial charge in [0, 0.05) is 17.6 Å². The van der Waals surface area contributed by atoms with Crippen LogP contribution >= 0.6 is 11.3 Å². The molecule has 0 saturated carbocycles. The minimum atomic E-state index is -1.02. The second-order valence-electron chi connectivity index (χ2n) is 6.26. The van der Waals surface area contributed by atoms with Crippen molar-refractivity contribution in [2.75, 3.05) is 0 Å². The van der Waals surface area contributed by atoms with E-state index >= 15 is 0 Å². The molecule has 0 aliphatic carbocycles. The third-order valence-electron chi connectivity index (χ3n) is 4.32. The number of carbonyl (C=O) groups is 2. The smallest absolute Gasteiger partial charge is 0.347 e. The van der Waals surface area contributed by atoms with Gasteiger partial charge in [0.1, 0.15) is 9.88 Å². The van der Waals surface area contributed by atoms with Crippen molar-refractivity contribution in [1.29, 1.82) is 0 Å². The van der Waals surface area contributed by atoms with Crippen LogP contribution in [0, 0.1) is 13.8 Å². The van der Waals surface area contributed by atoms with E-state index in [4.69, 9.17) is 5.11 Å². The van der Waals surface area contributed by atoms with Crippen LogP contribution in [-0.2, 0) is 6.54 Å². The van der Waals surface area contributed by atoms with Crippen molar-refractivity contribution in [3.8, 4) is 0 Å². The van der Waals surface area contributed by atoms with Gasteiger partial charge < -0.3 is 15.0 Å². The van der Waals surface area contributed by atoms with Gasteiger partial charge in [0.25, 0.3) is 5.91 Å². The lowest BCUT2D eigenvalue weighted by Crippen LogP contribution is -2.27. The average Bonchev–Trinajstić information content (AvgIpc) is 3.24. The highest BCUT2D eigenvalue weighted by atomic mass is 32.1. The Morgan fingerprint density at radius 2 is 2.07 bits per heavy atom. The molecule has 0 radical (unpaired) electrons.